The predicted octanol–water partition coefficient (Wildman–Crippen LogP) is 3.26. The van der Waals surface area contributed by atoms with E-state index in [1.165, 1.54) is 0 Å². The molecule has 72 valence electrons. The SMILES string of the molecule is CO[C@@H](C=CC(C)(C)C)C(C)C. The summed E-state index contributed by atoms with van der Waals surface area (Å²) < 4.78 is 5.32. The molecule has 12 heavy (non-hydrogen) atoms. The van der Waals surface area contributed by atoms with Crippen molar-refractivity contribution >= 4 is 0 Å². The van der Waals surface area contributed by atoms with Crippen LogP contribution in [0, 0.1) is 11.3 Å². The van der Waals surface area contributed by atoms with Crippen molar-refractivity contribution < 1.29 is 4.74 Å². The van der Waals surface area contributed by atoms with Gasteiger partial charge in [0.15, 0.2) is 0 Å². The lowest BCUT2D eigenvalue weighted by atomic mass is 9.94. The van der Waals surface area contributed by atoms with Crippen LogP contribution >= 0.6 is 0 Å². The Balaban J connectivity index is 4.11. The van der Waals surface area contributed by atoms with Crippen LogP contribution in [0.3, 0.4) is 0 Å². The number of hydrogen-bond donors (Lipinski definition) is 0. The van der Waals surface area contributed by atoms with E-state index >= 15 is 0 Å². The maximum absolute atomic E-state index is 5.32. The fraction of sp³-hybridized carbons (Fsp3) is 0.818. The Morgan fingerprint density at radius 2 is 1.67 bits per heavy atom. The van der Waals surface area contributed by atoms with Gasteiger partial charge in [-0.25, -0.2) is 0 Å². The molecule has 1 nitrogen and oxygen atoms in total. The Labute approximate surface area is 76.8 Å². The van der Waals surface area contributed by atoms with Crippen molar-refractivity contribution in [3.05, 3.63) is 12.2 Å². The van der Waals surface area contributed by atoms with E-state index in [9.17, 15) is 0 Å². The molecule has 0 N–H and O–H groups in total. The van der Waals surface area contributed by atoms with Crippen molar-refractivity contribution in [1.29, 1.82) is 0 Å². The molecule has 0 saturated heterocycles. The summed E-state index contributed by atoms with van der Waals surface area (Å²) in [6.07, 6.45) is 4.62. The number of hydrogen-bond acceptors (Lipinski definition) is 1. The number of methoxy groups -OCH3 is 1. The van der Waals surface area contributed by atoms with Crippen LogP contribution in [0.1, 0.15) is 34.6 Å². The highest BCUT2D eigenvalue weighted by Crippen LogP contribution is 2.17. The molecule has 1 heteroatoms. The average molecular weight is 170 g/mol. The first-order chi connectivity index (χ1) is 5.37. The Morgan fingerprint density at radius 3 is 1.92 bits per heavy atom. The molecule has 0 aromatic rings. The van der Waals surface area contributed by atoms with Crippen LogP contribution in [0.15, 0.2) is 12.2 Å². The quantitative estimate of drug-likeness (QED) is 0.591. The second-order valence-electron chi connectivity index (χ2n) is 4.67. The molecular formula is C11H22O. The van der Waals surface area contributed by atoms with Crippen molar-refractivity contribution in [2.75, 3.05) is 7.11 Å². The maximum Gasteiger partial charge on any atom is 0.0775 e. The fourth-order valence-electron chi connectivity index (χ4n) is 0.956. The molecule has 1 atom stereocenters. The minimum absolute atomic E-state index is 0.254. The first-order valence-electron chi connectivity index (χ1n) is 4.59. The number of ether oxygens (including phenoxy) is 1. The minimum atomic E-state index is 0.254. The summed E-state index contributed by atoms with van der Waals surface area (Å²) >= 11 is 0. The van der Waals surface area contributed by atoms with E-state index in [-0.39, 0.29) is 11.5 Å². The Bertz CT molecular complexity index is 140. The van der Waals surface area contributed by atoms with Gasteiger partial charge in [-0.3, -0.25) is 0 Å². The zero-order chi connectivity index (χ0) is 9.78. The second kappa shape index (κ2) is 4.66. The van der Waals surface area contributed by atoms with Crippen LogP contribution in [0.2, 0.25) is 0 Å². The lowest BCUT2D eigenvalue weighted by Crippen LogP contribution is -2.15. The zero-order valence-corrected chi connectivity index (χ0v) is 9.22. The summed E-state index contributed by atoms with van der Waals surface area (Å²) in [5.74, 6) is 0.550. The molecule has 0 amide bonds. The predicted molar refractivity (Wildman–Crippen MR) is 54.2 cm³/mol. The summed E-state index contributed by atoms with van der Waals surface area (Å²) in [7, 11) is 1.76. The van der Waals surface area contributed by atoms with Gasteiger partial charge < -0.3 is 4.74 Å². The minimum Gasteiger partial charge on any atom is -0.377 e. The molecule has 0 aromatic carbocycles. The molecular weight excluding hydrogens is 148 g/mol. The fourth-order valence-corrected chi connectivity index (χ4v) is 0.956. The lowest BCUT2D eigenvalue weighted by Gasteiger charge is -2.18. The molecule has 0 aliphatic carbocycles. The molecule has 0 fully saturated rings. The largest absolute Gasteiger partial charge is 0.377 e. The average Bonchev–Trinajstić information content (AvgIpc) is 1.85. The van der Waals surface area contributed by atoms with Crippen LogP contribution in [0.4, 0.5) is 0 Å². The molecule has 0 aliphatic heterocycles. The van der Waals surface area contributed by atoms with Crippen molar-refractivity contribution in [2.24, 2.45) is 11.3 Å². The van der Waals surface area contributed by atoms with Crippen LogP contribution < -0.4 is 0 Å². The first-order valence-corrected chi connectivity index (χ1v) is 4.59. The van der Waals surface area contributed by atoms with E-state index in [0.717, 1.165) is 0 Å². The van der Waals surface area contributed by atoms with Gasteiger partial charge in [0.1, 0.15) is 0 Å². The van der Waals surface area contributed by atoms with Gasteiger partial charge in [0.05, 0.1) is 6.10 Å². The third-order valence-corrected chi connectivity index (χ3v) is 1.72. The lowest BCUT2D eigenvalue weighted by molar-refractivity contribution is 0.103. The highest BCUT2D eigenvalue weighted by Gasteiger charge is 2.10. The van der Waals surface area contributed by atoms with Crippen LogP contribution in [-0.4, -0.2) is 13.2 Å². The monoisotopic (exact) mass is 170 g/mol. The smallest absolute Gasteiger partial charge is 0.0775 e. The highest BCUT2D eigenvalue weighted by atomic mass is 16.5. The zero-order valence-electron chi connectivity index (χ0n) is 9.22. The highest BCUT2D eigenvalue weighted by molar-refractivity contribution is 4.97. The molecule has 0 heterocycles. The van der Waals surface area contributed by atoms with E-state index in [1.807, 2.05) is 0 Å². The van der Waals surface area contributed by atoms with E-state index in [1.54, 1.807) is 7.11 Å². The molecule has 0 unspecified atom stereocenters. The molecule has 0 saturated carbocycles. The molecule has 0 spiro atoms. The van der Waals surface area contributed by atoms with Gasteiger partial charge in [0, 0.05) is 7.11 Å². The van der Waals surface area contributed by atoms with Gasteiger partial charge in [0.25, 0.3) is 0 Å². The van der Waals surface area contributed by atoms with E-state index < -0.39 is 0 Å². The summed E-state index contributed by atoms with van der Waals surface area (Å²) in [6.45, 7) is 10.9. The topological polar surface area (TPSA) is 9.23 Å². The van der Waals surface area contributed by atoms with Gasteiger partial charge in [-0.05, 0) is 11.3 Å². The third kappa shape index (κ3) is 5.36. The van der Waals surface area contributed by atoms with Gasteiger partial charge in [-0.15, -0.1) is 0 Å². The number of rotatable bonds is 3. The van der Waals surface area contributed by atoms with Crippen molar-refractivity contribution in [2.45, 2.75) is 40.7 Å². The van der Waals surface area contributed by atoms with Crippen LogP contribution in [-0.2, 0) is 4.74 Å². The molecule has 0 radical (unpaired) electrons. The van der Waals surface area contributed by atoms with Crippen molar-refractivity contribution in [3.63, 3.8) is 0 Å². The van der Waals surface area contributed by atoms with Gasteiger partial charge in [0.2, 0.25) is 0 Å². The van der Waals surface area contributed by atoms with Gasteiger partial charge in [-0.1, -0.05) is 46.8 Å². The molecule has 0 aromatic heterocycles. The van der Waals surface area contributed by atoms with Gasteiger partial charge >= 0.3 is 0 Å². The molecule has 0 bridgehead atoms. The summed E-state index contributed by atoms with van der Waals surface area (Å²) in [6, 6.07) is 0. The van der Waals surface area contributed by atoms with Crippen molar-refractivity contribution in [3.8, 4) is 0 Å². The van der Waals surface area contributed by atoms with Crippen LogP contribution in [0.25, 0.3) is 0 Å². The van der Waals surface area contributed by atoms with E-state index in [0.29, 0.717) is 5.92 Å². The Hall–Kier alpha value is -0.300. The van der Waals surface area contributed by atoms with E-state index in [4.69, 9.17) is 4.74 Å². The second-order valence-corrected chi connectivity index (χ2v) is 4.67. The maximum atomic E-state index is 5.32. The van der Waals surface area contributed by atoms with Gasteiger partial charge in [-0.2, -0.15) is 0 Å². The Kier molecular flexibility index (Phi) is 4.54. The van der Waals surface area contributed by atoms with E-state index in [2.05, 4.69) is 46.8 Å². The Morgan fingerprint density at radius 1 is 1.17 bits per heavy atom. The molecule has 0 rings (SSSR count). The number of allylic oxidation sites excluding steroid dienone is 1. The summed E-state index contributed by atoms with van der Waals surface area (Å²) in [5, 5.41) is 0. The summed E-state index contributed by atoms with van der Waals surface area (Å²) in [4.78, 5) is 0. The van der Waals surface area contributed by atoms with Crippen LogP contribution in [0.5, 0.6) is 0 Å². The summed E-state index contributed by atoms with van der Waals surface area (Å²) in [5.41, 5.74) is 0.256. The van der Waals surface area contributed by atoms with Crippen molar-refractivity contribution in [1.82, 2.24) is 0 Å². The first kappa shape index (κ1) is 11.7. The normalized spacial score (nSPS) is 15.9. The standard InChI is InChI=1S/C11H22O/c1-9(2)10(12-6)7-8-11(3,4)5/h7-10H,1-6H3/t10-/m0/s1. The molecule has 0 aliphatic rings. The third-order valence-electron chi connectivity index (χ3n) is 1.72.